The zero-order valence-electron chi connectivity index (χ0n) is 9.18. The third-order valence-electron chi connectivity index (χ3n) is 2.06. The first-order valence-electron chi connectivity index (χ1n) is 4.96. The normalized spacial score (nSPS) is 11.3. The van der Waals surface area contributed by atoms with Crippen molar-refractivity contribution in [2.75, 3.05) is 24.6 Å². The van der Waals surface area contributed by atoms with Gasteiger partial charge in [0.2, 0.25) is 0 Å². The van der Waals surface area contributed by atoms with E-state index >= 15 is 0 Å². The smallest absolute Gasteiger partial charge is 0.405 e. The number of carboxylic acids is 1. The van der Waals surface area contributed by atoms with Gasteiger partial charge >= 0.3 is 12.1 Å². The molecule has 0 aliphatic rings. The van der Waals surface area contributed by atoms with E-state index < -0.39 is 25.3 Å². The summed E-state index contributed by atoms with van der Waals surface area (Å²) in [6.07, 6.45) is -3.31. The lowest BCUT2D eigenvalue weighted by Gasteiger charge is -2.25. The Balaban J connectivity index is 3.09. The van der Waals surface area contributed by atoms with Gasteiger partial charge in [0, 0.05) is 12.7 Å². The number of hydrogen-bond donors (Lipinski definition) is 2. The van der Waals surface area contributed by atoms with Gasteiger partial charge < -0.3 is 15.1 Å². The Hall–Kier alpha value is -1.83. The maximum Gasteiger partial charge on any atom is 0.405 e. The van der Waals surface area contributed by atoms with Crippen LogP contribution in [0.1, 0.15) is 10.4 Å². The van der Waals surface area contributed by atoms with E-state index in [4.69, 9.17) is 10.2 Å². The molecule has 1 aromatic rings. The number of anilines is 1. The molecule has 0 fully saturated rings. The number of aliphatic hydroxyl groups excluding tert-OH is 1. The van der Waals surface area contributed by atoms with Crippen molar-refractivity contribution in [3.63, 3.8) is 0 Å². The predicted octanol–water partition coefficient (Wildman–Crippen LogP) is 1.14. The summed E-state index contributed by atoms with van der Waals surface area (Å²) in [4.78, 5) is 15.2. The van der Waals surface area contributed by atoms with E-state index in [9.17, 15) is 18.0 Å². The third kappa shape index (κ3) is 3.88. The fraction of sp³-hybridized carbons (Fsp3) is 0.400. The molecule has 8 heteroatoms. The molecule has 1 heterocycles. The van der Waals surface area contributed by atoms with Crippen LogP contribution in [0.15, 0.2) is 18.3 Å². The zero-order valence-corrected chi connectivity index (χ0v) is 9.18. The third-order valence-corrected chi connectivity index (χ3v) is 2.06. The van der Waals surface area contributed by atoms with E-state index in [-0.39, 0.29) is 17.9 Å². The Morgan fingerprint density at radius 1 is 1.44 bits per heavy atom. The molecule has 2 N–H and O–H groups in total. The lowest BCUT2D eigenvalue weighted by Crippen LogP contribution is -2.37. The number of pyridine rings is 1. The van der Waals surface area contributed by atoms with E-state index in [1.807, 2.05) is 0 Å². The highest BCUT2D eigenvalue weighted by molar-refractivity contribution is 5.93. The molecule has 0 aliphatic carbocycles. The monoisotopic (exact) mass is 264 g/mol. The molecule has 5 nitrogen and oxygen atoms in total. The Bertz CT molecular complexity index is 423. The summed E-state index contributed by atoms with van der Waals surface area (Å²) < 4.78 is 37.0. The van der Waals surface area contributed by atoms with Crippen LogP contribution in [0.2, 0.25) is 0 Å². The van der Waals surface area contributed by atoms with E-state index in [0.717, 1.165) is 6.07 Å². The maximum absolute atomic E-state index is 12.3. The van der Waals surface area contributed by atoms with Crippen molar-refractivity contribution >= 4 is 11.8 Å². The number of nitrogens with zero attached hydrogens (tertiary/aromatic N) is 2. The topological polar surface area (TPSA) is 73.7 Å². The molecule has 0 aliphatic heterocycles. The number of alkyl halides is 3. The van der Waals surface area contributed by atoms with Crippen molar-refractivity contribution in [1.29, 1.82) is 0 Å². The van der Waals surface area contributed by atoms with Crippen LogP contribution in [-0.2, 0) is 0 Å². The Morgan fingerprint density at radius 2 is 2.11 bits per heavy atom. The van der Waals surface area contributed by atoms with Gasteiger partial charge in [0.1, 0.15) is 17.9 Å². The van der Waals surface area contributed by atoms with Gasteiger partial charge in [-0.25, -0.2) is 9.78 Å². The molecule has 0 bridgehead atoms. The second-order valence-corrected chi connectivity index (χ2v) is 3.44. The number of rotatable bonds is 5. The molecule has 0 unspecified atom stereocenters. The van der Waals surface area contributed by atoms with Crippen molar-refractivity contribution in [3.8, 4) is 0 Å². The quantitative estimate of drug-likeness (QED) is 0.834. The highest BCUT2D eigenvalue weighted by Gasteiger charge is 2.32. The first-order chi connectivity index (χ1) is 8.35. The molecule has 0 amide bonds. The number of aromatic carboxylic acids is 1. The summed E-state index contributed by atoms with van der Waals surface area (Å²) in [5.74, 6) is -1.68. The minimum Gasteiger partial charge on any atom is -0.478 e. The van der Waals surface area contributed by atoms with E-state index in [1.54, 1.807) is 0 Å². The SMILES string of the molecule is O=C(O)c1cccnc1N(CCO)CC(F)(F)F. The molecular formula is C10H11F3N2O3. The van der Waals surface area contributed by atoms with Gasteiger partial charge in [-0.15, -0.1) is 0 Å². The molecule has 0 saturated heterocycles. The van der Waals surface area contributed by atoms with Crippen LogP contribution in [-0.4, -0.2) is 47.0 Å². The summed E-state index contributed by atoms with van der Waals surface area (Å²) in [7, 11) is 0. The molecular weight excluding hydrogens is 253 g/mol. The molecule has 0 atom stereocenters. The molecule has 100 valence electrons. The van der Waals surface area contributed by atoms with Crippen molar-refractivity contribution in [2.24, 2.45) is 0 Å². The van der Waals surface area contributed by atoms with Gasteiger partial charge in [-0.2, -0.15) is 13.2 Å². The Labute approximate surface area is 100 Å². The lowest BCUT2D eigenvalue weighted by atomic mass is 10.2. The zero-order chi connectivity index (χ0) is 13.8. The lowest BCUT2D eigenvalue weighted by molar-refractivity contribution is -0.120. The fourth-order valence-corrected chi connectivity index (χ4v) is 1.41. The molecule has 0 spiro atoms. The van der Waals surface area contributed by atoms with Gasteiger partial charge in [-0.1, -0.05) is 0 Å². The number of aromatic nitrogens is 1. The summed E-state index contributed by atoms with van der Waals surface area (Å²) in [6.45, 7) is -2.26. The van der Waals surface area contributed by atoms with Crippen molar-refractivity contribution in [2.45, 2.75) is 6.18 Å². The van der Waals surface area contributed by atoms with Crippen LogP contribution in [0, 0.1) is 0 Å². The van der Waals surface area contributed by atoms with Crippen molar-refractivity contribution in [1.82, 2.24) is 4.98 Å². The number of aliphatic hydroxyl groups is 1. The van der Waals surface area contributed by atoms with Crippen LogP contribution < -0.4 is 4.90 Å². The first kappa shape index (κ1) is 14.2. The molecule has 0 saturated carbocycles. The van der Waals surface area contributed by atoms with Gasteiger partial charge in [0.15, 0.2) is 0 Å². The molecule has 0 radical (unpaired) electrons. The van der Waals surface area contributed by atoms with Gasteiger partial charge in [0.25, 0.3) is 0 Å². The summed E-state index contributed by atoms with van der Waals surface area (Å²) in [6, 6.07) is 2.48. The van der Waals surface area contributed by atoms with Crippen LogP contribution in [0.25, 0.3) is 0 Å². The number of halogens is 3. The van der Waals surface area contributed by atoms with Crippen LogP contribution in [0.5, 0.6) is 0 Å². The van der Waals surface area contributed by atoms with Crippen molar-refractivity contribution < 1.29 is 28.2 Å². The van der Waals surface area contributed by atoms with Crippen LogP contribution in [0.3, 0.4) is 0 Å². The fourth-order valence-electron chi connectivity index (χ4n) is 1.41. The second kappa shape index (κ2) is 5.67. The van der Waals surface area contributed by atoms with Crippen LogP contribution in [0.4, 0.5) is 19.0 Å². The Morgan fingerprint density at radius 3 is 2.61 bits per heavy atom. The minimum atomic E-state index is -4.51. The highest BCUT2D eigenvalue weighted by Crippen LogP contribution is 2.23. The van der Waals surface area contributed by atoms with Crippen LogP contribution >= 0.6 is 0 Å². The molecule has 18 heavy (non-hydrogen) atoms. The predicted molar refractivity (Wildman–Crippen MR) is 56.6 cm³/mol. The summed E-state index contributed by atoms with van der Waals surface area (Å²) >= 11 is 0. The molecule has 0 aromatic carbocycles. The number of carbonyl (C=O) groups is 1. The average molecular weight is 264 g/mol. The Kier molecular flexibility index (Phi) is 4.49. The van der Waals surface area contributed by atoms with E-state index in [2.05, 4.69) is 4.98 Å². The number of carboxylic acid groups (broad SMARTS) is 1. The second-order valence-electron chi connectivity index (χ2n) is 3.44. The first-order valence-corrected chi connectivity index (χ1v) is 4.96. The summed E-state index contributed by atoms with van der Waals surface area (Å²) in [5, 5.41) is 17.6. The van der Waals surface area contributed by atoms with E-state index in [1.165, 1.54) is 12.3 Å². The average Bonchev–Trinajstić information content (AvgIpc) is 2.26. The van der Waals surface area contributed by atoms with Gasteiger partial charge in [-0.3, -0.25) is 0 Å². The number of hydrogen-bond acceptors (Lipinski definition) is 4. The maximum atomic E-state index is 12.3. The highest BCUT2D eigenvalue weighted by atomic mass is 19.4. The summed E-state index contributed by atoms with van der Waals surface area (Å²) in [5.41, 5.74) is -0.338. The minimum absolute atomic E-state index is 0.309. The molecule has 1 rings (SSSR count). The van der Waals surface area contributed by atoms with E-state index in [0.29, 0.717) is 4.90 Å². The van der Waals surface area contributed by atoms with Gasteiger partial charge in [0.05, 0.1) is 6.61 Å². The van der Waals surface area contributed by atoms with Crippen molar-refractivity contribution in [3.05, 3.63) is 23.9 Å². The van der Waals surface area contributed by atoms with Gasteiger partial charge in [-0.05, 0) is 12.1 Å². The standard InChI is InChI=1S/C10H11F3N2O3/c11-10(12,13)6-15(4-5-16)8-7(9(17)18)2-1-3-14-8/h1-3,16H,4-6H2,(H,17,18). The molecule has 1 aromatic heterocycles. The largest absolute Gasteiger partial charge is 0.478 e.